The summed E-state index contributed by atoms with van der Waals surface area (Å²) in [6, 6.07) is 13.4. The van der Waals surface area contributed by atoms with Gasteiger partial charge >= 0.3 is 6.09 Å². The average Bonchev–Trinajstić information content (AvgIpc) is 3.66. The average molecular weight is 572 g/mol. The summed E-state index contributed by atoms with van der Waals surface area (Å²) >= 11 is 0. The van der Waals surface area contributed by atoms with Crippen LogP contribution in [0.3, 0.4) is 0 Å². The van der Waals surface area contributed by atoms with E-state index in [9.17, 15) is 19.2 Å². The number of aromatic nitrogens is 5. The van der Waals surface area contributed by atoms with Gasteiger partial charge in [-0.25, -0.2) is 9.78 Å². The van der Waals surface area contributed by atoms with Gasteiger partial charge < -0.3 is 14.5 Å². The number of benzene rings is 1. The van der Waals surface area contributed by atoms with Crippen LogP contribution < -0.4 is 16.2 Å². The summed E-state index contributed by atoms with van der Waals surface area (Å²) in [7, 11) is 1.15. The first kappa shape index (κ1) is 28.3. The summed E-state index contributed by atoms with van der Waals surface area (Å²) < 4.78 is 11.6. The van der Waals surface area contributed by atoms with Crippen molar-refractivity contribution in [1.29, 1.82) is 0 Å². The molecule has 0 spiro atoms. The van der Waals surface area contributed by atoms with Crippen molar-refractivity contribution in [3.63, 3.8) is 0 Å². The third-order valence-corrected chi connectivity index (χ3v) is 7.05. The van der Waals surface area contributed by atoms with E-state index in [0.717, 1.165) is 25.6 Å². The lowest BCUT2D eigenvalue weighted by Crippen LogP contribution is -2.46. The quantitative estimate of drug-likeness (QED) is 0.270. The molecule has 1 unspecified atom stereocenters. The molecule has 0 bridgehead atoms. The SMILES string of the molecule is COC(=O)Nc1ncc(-c2ccccc2)n(CC(=O)NC(C(=O)c2nnc(C3(c4ccccn4)CC3)o2)C(C)C)c1=O. The van der Waals surface area contributed by atoms with Crippen molar-refractivity contribution in [2.45, 2.75) is 44.7 Å². The first-order valence-electron chi connectivity index (χ1n) is 13.3. The Bertz CT molecular complexity index is 1660. The summed E-state index contributed by atoms with van der Waals surface area (Å²) in [6.07, 6.45) is 3.70. The monoisotopic (exact) mass is 571 g/mol. The van der Waals surface area contributed by atoms with Crippen LogP contribution in [0.2, 0.25) is 0 Å². The van der Waals surface area contributed by atoms with E-state index in [1.54, 1.807) is 44.3 Å². The third kappa shape index (κ3) is 5.66. The number of methoxy groups -OCH3 is 1. The lowest BCUT2D eigenvalue weighted by atomic mass is 9.99. The van der Waals surface area contributed by atoms with Crippen LogP contribution in [0.5, 0.6) is 0 Å². The Labute approximate surface area is 240 Å². The maximum absolute atomic E-state index is 13.5. The Morgan fingerprint density at radius 1 is 1.05 bits per heavy atom. The molecule has 4 aromatic rings. The summed E-state index contributed by atoms with van der Waals surface area (Å²) in [5, 5.41) is 13.1. The van der Waals surface area contributed by atoms with Gasteiger partial charge in [-0.2, -0.15) is 0 Å². The van der Waals surface area contributed by atoms with Crippen LogP contribution in [-0.2, 0) is 21.5 Å². The van der Waals surface area contributed by atoms with Crippen LogP contribution in [0.1, 0.15) is 49.0 Å². The van der Waals surface area contributed by atoms with E-state index in [2.05, 4.69) is 35.5 Å². The summed E-state index contributed by atoms with van der Waals surface area (Å²) in [4.78, 5) is 60.3. The molecule has 3 heterocycles. The van der Waals surface area contributed by atoms with Crippen molar-refractivity contribution >= 4 is 23.6 Å². The molecule has 1 aliphatic carbocycles. The Morgan fingerprint density at radius 2 is 1.79 bits per heavy atom. The standard InChI is InChI=1S/C29H29N7O6/c1-17(2)22(23(38)25-34-35-27(42-25)29(12-13-29)20-11-7-8-14-30-20)32-21(37)16-36-19(18-9-5-4-6-10-18)15-31-24(26(36)39)33-28(40)41-3/h4-11,14-15,17,22H,12-13,16H2,1-3H3,(H,32,37)(H,31,33,40). The van der Waals surface area contributed by atoms with Crippen molar-refractivity contribution in [3.05, 3.63) is 88.8 Å². The smallest absolute Gasteiger partial charge is 0.412 e. The number of Topliss-reactive ketones (excluding diaryl/α,β-unsaturated/α-hetero) is 1. The summed E-state index contributed by atoms with van der Waals surface area (Å²) in [5.74, 6) is -1.75. The van der Waals surface area contributed by atoms with Gasteiger partial charge in [-0.05, 0) is 36.5 Å². The molecule has 216 valence electrons. The molecule has 2 amide bonds. The molecule has 0 saturated heterocycles. The Hall–Kier alpha value is -5.20. The second-order valence-corrected chi connectivity index (χ2v) is 10.2. The van der Waals surface area contributed by atoms with E-state index in [1.165, 1.54) is 10.8 Å². The molecule has 1 atom stereocenters. The number of rotatable bonds is 10. The molecule has 1 aliphatic rings. The Kier molecular flexibility index (Phi) is 7.91. The number of nitrogens with one attached hydrogen (secondary N) is 2. The van der Waals surface area contributed by atoms with Crippen molar-refractivity contribution < 1.29 is 23.5 Å². The van der Waals surface area contributed by atoms with Gasteiger partial charge in [0.2, 0.25) is 23.4 Å². The number of pyridine rings is 1. The van der Waals surface area contributed by atoms with E-state index < -0.39 is 41.3 Å². The van der Waals surface area contributed by atoms with Gasteiger partial charge in [-0.3, -0.25) is 29.3 Å². The van der Waals surface area contributed by atoms with Gasteiger partial charge in [0, 0.05) is 6.20 Å². The molecule has 1 saturated carbocycles. The molecule has 5 rings (SSSR count). The number of ether oxygens (including phenoxy) is 1. The lowest BCUT2D eigenvalue weighted by Gasteiger charge is -2.21. The van der Waals surface area contributed by atoms with Crippen LogP contribution >= 0.6 is 0 Å². The number of nitrogens with zero attached hydrogens (tertiary/aromatic N) is 5. The highest BCUT2D eigenvalue weighted by Crippen LogP contribution is 2.52. The second kappa shape index (κ2) is 11.7. The number of anilines is 1. The topological polar surface area (TPSA) is 171 Å². The van der Waals surface area contributed by atoms with Crippen LogP contribution in [-0.4, -0.2) is 55.7 Å². The van der Waals surface area contributed by atoms with Crippen LogP contribution in [0.4, 0.5) is 10.6 Å². The van der Waals surface area contributed by atoms with Gasteiger partial charge in [0.25, 0.3) is 11.4 Å². The van der Waals surface area contributed by atoms with Gasteiger partial charge in [-0.1, -0.05) is 50.2 Å². The molecule has 0 aliphatic heterocycles. The minimum atomic E-state index is -1.01. The van der Waals surface area contributed by atoms with E-state index >= 15 is 0 Å². The van der Waals surface area contributed by atoms with E-state index in [-0.39, 0.29) is 17.6 Å². The molecule has 13 nitrogen and oxygen atoms in total. The zero-order valence-electron chi connectivity index (χ0n) is 23.2. The van der Waals surface area contributed by atoms with Gasteiger partial charge in [-0.15, -0.1) is 10.2 Å². The predicted octanol–water partition coefficient (Wildman–Crippen LogP) is 2.97. The zero-order valence-corrected chi connectivity index (χ0v) is 23.2. The highest BCUT2D eigenvalue weighted by Gasteiger charge is 2.52. The van der Waals surface area contributed by atoms with E-state index in [4.69, 9.17) is 4.42 Å². The molecule has 1 aromatic carbocycles. The lowest BCUT2D eigenvalue weighted by molar-refractivity contribution is -0.122. The number of hydrogen-bond acceptors (Lipinski definition) is 10. The van der Waals surface area contributed by atoms with E-state index in [1.807, 2.05) is 24.3 Å². The maximum atomic E-state index is 13.5. The van der Waals surface area contributed by atoms with Crippen molar-refractivity contribution in [3.8, 4) is 11.3 Å². The minimum Gasteiger partial charge on any atom is -0.453 e. The predicted molar refractivity (Wildman–Crippen MR) is 150 cm³/mol. The van der Waals surface area contributed by atoms with Crippen LogP contribution in [0, 0.1) is 5.92 Å². The highest BCUT2D eigenvalue weighted by atomic mass is 16.5. The Morgan fingerprint density at radius 3 is 2.43 bits per heavy atom. The zero-order chi connectivity index (χ0) is 29.9. The fourth-order valence-corrected chi connectivity index (χ4v) is 4.61. The molecule has 42 heavy (non-hydrogen) atoms. The minimum absolute atomic E-state index is 0.221. The molecule has 0 radical (unpaired) electrons. The summed E-state index contributed by atoms with van der Waals surface area (Å²) in [5.41, 5.74) is 0.505. The van der Waals surface area contributed by atoms with E-state index in [0.29, 0.717) is 17.1 Å². The maximum Gasteiger partial charge on any atom is 0.412 e. The molecule has 13 heteroatoms. The van der Waals surface area contributed by atoms with Crippen molar-refractivity contribution in [1.82, 2.24) is 30.0 Å². The van der Waals surface area contributed by atoms with Crippen molar-refractivity contribution in [2.24, 2.45) is 5.92 Å². The molecular weight excluding hydrogens is 542 g/mol. The highest BCUT2D eigenvalue weighted by molar-refractivity contribution is 5.98. The fraction of sp³-hybridized carbons (Fsp3) is 0.310. The molecular formula is C29H29N7O6. The van der Waals surface area contributed by atoms with Crippen LogP contribution in [0.25, 0.3) is 11.3 Å². The molecule has 1 fully saturated rings. The largest absolute Gasteiger partial charge is 0.453 e. The number of hydrogen-bond donors (Lipinski definition) is 2. The normalized spacial score (nSPS) is 14.2. The fourth-order valence-electron chi connectivity index (χ4n) is 4.61. The van der Waals surface area contributed by atoms with Gasteiger partial charge in [0.05, 0.1) is 36.2 Å². The first-order chi connectivity index (χ1) is 20.2. The first-order valence-corrected chi connectivity index (χ1v) is 13.3. The number of carbonyl (C=O) groups is 3. The second-order valence-electron chi connectivity index (χ2n) is 10.2. The molecule has 2 N–H and O–H groups in total. The van der Waals surface area contributed by atoms with Crippen LogP contribution in [0.15, 0.2) is 70.1 Å². The number of amides is 2. The summed E-state index contributed by atoms with van der Waals surface area (Å²) in [6.45, 7) is 3.07. The number of ketones is 1. The van der Waals surface area contributed by atoms with Gasteiger partial charge in [0.1, 0.15) is 6.54 Å². The third-order valence-electron chi connectivity index (χ3n) is 7.05. The van der Waals surface area contributed by atoms with Crippen molar-refractivity contribution in [2.75, 3.05) is 12.4 Å². The number of carbonyl (C=O) groups excluding carboxylic acids is 3. The Balaban J connectivity index is 1.38. The molecule has 3 aromatic heterocycles. The van der Waals surface area contributed by atoms with Gasteiger partial charge in [0.15, 0.2) is 0 Å².